The molecule has 0 aliphatic heterocycles. The van der Waals surface area contributed by atoms with Crippen LogP contribution in [-0.2, 0) is 6.54 Å². The molecule has 5 heteroatoms. The molecule has 0 radical (unpaired) electrons. The van der Waals surface area contributed by atoms with E-state index in [1.165, 1.54) is 0 Å². The minimum Gasteiger partial charge on any atom is -0.321 e. The van der Waals surface area contributed by atoms with Crippen LogP contribution in [0.2, 0.25) is 0 Å². The van der Waals surface area contributed by atoms with Gasteiger partial charge in [0.15, 0.2) is 0 Å². The number of nitrogens with one attached hydrogen (secondary N) is 1. The van der Waals surface area contributed by atoms with E-state index in [1.807, 2.05) is 37.7 Å². The van der Waals surface area contributed by atoms with Gasteiger partial charge in [0.25, 0.3) is 0 Å². The van der Waals surface area contributed by atoms with E-state index in [2.05, 4.69) is 20.4 Å². The fourth-order valence-electron chi connectivity index (χ4n) is 1.51. The Kier molecular flexibility index (Phi) is 2.85. The lowest BCUT2D eigenvalue weighted by Gasteiger charge is -2.03. The normalized spacial score (nSPS) is 10.4. The second kappa shape index (κ2) is 4.30. The monoisotopic (exact) mass is 217 g/mol. The lowest BCUT2D eigenvalue weighted by molar-refractivity contribution is 0.660. The van der Waals surface area contributed by atoms with Crippen molar-refractivity contribution < 1.29 is 0 Å². The molecule has 0 saturated heterocycles. The Balaban J connectivity index is 2.19. The number of rotatable bonds is 3. The number of hydrogen-bond donors (Lipinski definition) is 1. The van der Waals surface area contributed by atoms with E-state index in [9.17, 15) is 0 Å². The van der Waals surface area contributed by atoms with Gasteiger partial charge in [-0.1, -0.05) is 0 Å². The van der Waals surface area contributed by atoms with Crippen molar-refractivity contribution in [3.63, 3.8) is 0 Å². The smallest absolute Gasteiger partial charge is 0.227 e. The highest BCUT2D eigenvalue weighted by Crippen LogP contribution is 2.12. The summed E-state index contributed by atoms with van der Waals surface area (Å²) in [5.41, 5.74) is 2.82. The van der Waals surface area contributed by atoms with E-state index < -0.39 is 0 Å². The molecule has 0 aliphatic carbocycles. The van der Waals surface area contributed by atoms with Crippen LogP contribution < -0.4 is 5.32 Å². The van der Waals surface area contributed by atoms with Crippen LogP contribution in [0.3, 0.4) is 0 Å². The number of aromatic nitrogens is 4. The summed E-state index contributed by atoms with van der Waals surface area (Å²) in [6, 6.07) is 1.95. The lowest BCUT2D eigenvalue weighted by Crippen LogP contribution is -1.99. The van der Waals surface area contributed by atoms with Gasteiger partial charge in [0.05, 0.1) is 11.9 Å². The molecule has 0 unspecified atom stereocenters. The predicted molar refractivity (Wildman–Crippen MR) is 62.7 cm³/mol. The van der Waals surface area contributed by atoms with Crippen molar-refractivity contribution in [2.45, 2.75) is 27.3 Å². The van der Waals surface area contributed by atoms with Crippen LogP contribution in [0.5, 0.6) is 0 Å². The Labute approximate surface area is 94.5 Å². The van der Waals surface area contributed by atoms with Crippen LogP contribution in [0.1, 0.15) is 18.3 Å². The first-order valence-electron chi connectivity index (χ1n) is 5.29. The molecule has 0 aliphatic rings. The summed E-state index contributed by atoms with van der Waals surface area (Å²) in [5, 5.41) is 7.31. The second-order valence-corrected chi connectivity index (χ2v) is 3.68. The van der Waals surface area contributed by atoms with Crippen molar-refractivity contribution in [2.75, 3.05) is 5.32 Å². The number of aryl methyl sites for hydroxylation is 3. The molecular weight excluding hydrogens is 202 g/mol. The maximum Gasteiger partial charge on any atom is 0.227 e. The molecule has 0 saturated carbocycles. The molecular formula is C11H15N5. The lowest BCUT2D eigenvalue weighted by atomic mass is 10.3. The van der Waals surface area contributed by atoms with E-state index in [0.29, 0.717) is 5.95 Å². The van der Waals surface area contributed by atoms with Crippen LogP contribution in [0.15, 0.2) is 18.5 Å². The highest BCUT2D eigenvalue weighted by atomic mass is 15.3. The minimum absolute atomic E-state index is 0.619. The highest BCUT2D eigenvalue weighted by Gasteiger charge is 2.01. The molecule has 0 amide bonds. The number of anilines is 2. The third kappa shape index (κ3) is 2.36. The first kappa shape index (κ1) is 10.6. The molecule has 2 aromatic rings. The van der Waals surface area contributed by atoms with Gasteiger partial charge in [-0.25, -0.2) is 9.97 Å². The van der Waals surface area contributed by atoms with Gasteiger partial charge in [0.2, 0.25) is 5.95 Å². The van der Waals surface area contributed by atoms with Crippen LogP contribution in [0.4, 0.5) is 11.6 Å². The average Bonchev–Trinajstić information content (AvgIpc) is 2.64. The van der Waals surface area contributed by atoms with Crippen molar-refractivity contribution in [1.29, 1.82) is 0 Å². The maximum absolute atomic E-state index is 4.31. The van der Waals surface area contributed by atoms with Crippen LogP contribution >= 0.6 is 0 Å². The molecule has 0 atom stereocenters. The standard InChI is InChI=1S/C11H15N5/c1-4-16-7-10(6-12-16)15-11-13-8(2)5-9(3)14-11/h5-7H,4H2,1-3H3,(H,13,14,15). The summed E-state index contributed by atoms with van der Waals surface area (Å²) >= 11 is 0. The van der Waals surface area contributed by atoms with Crippen molar-refractivity contribution in [3.8, 4) is 0 Å². The fourth-order valence-corrected chi connectivity index (χ4v) is 1.51. The molecule has 1 N–H and O–H groups in total. The maximum atomic E-state index is 4.31. The van der Waals surface area contributed by atoms with Gasteiger partial charge in [-0.2, -0.15) is 5.10 Å². The Bertz CT molecular complexity index is 469. The molecule has 2 aromatic heterocycles. The molecule has 0 bridgehead atoms. The third-order valence-electron chi connectivity index (χ3n) is 2.20. The molecule has 5 nitrogen and oxygen atoms in total. The van der Waals surface area contributed by atoms with Crippen LogP contribution in [0.25, 0.3) is 0 Å². The first-order chi connectivity index (χ1) is 7.67. The summed E-state index contributed by atoms with van der Waals surface area (Å²) < 4.78 is 1.85. The van der Waals surface area contributed by atoms with Crippen LogP contribution in [0, 0.1) is 13.8 Å². The number of nitrogens with zero attached hydrogens (tertiary/aromatic N) is 4. The topological polar surface area (TPSA) is 55.6 Å². The van der Waals surface area contributed by atoms with Gasteiger partial charge in [-0.05, 0) is 26.8 Å². The zero-order valence-electron chi connectivity index (χ0n) is 9.73. The van der Waals surface area contributed by atoms with Gasteiger partial charge in [0, 0.05) is 24.1 Å². The van der Waals surface area contributed by atoms with Gasteiger partial charge in [-0.3, -0.25) is 4.68 Å². The van der Waals surface area contributed by atoms with Crippen LogP contribution in [-0.4, -0.2) is 19.7 Å². The molecule has 0 spiro atoms. The highest BCUT2D eigenvalue weighted by molar-refractivity contribution is 5.50. The molecule has 2 rings (SSSR count). The molecule has 2 heterocycles. The molecule has 16 heavy (non-hydrogen) atoms. The van der Waals surface area contributed by atoms with Crippen molar-refractivity contribution in [2.24, 2.45) is 0 Å². The second-order valence-electron chi connectivity index (χ2n) is 3.68. The van der Waals surface area contributed by atoms with Crippen molar-refractivity contribution in [1.82, 2.24) is 19.7 Å². The third-order valence-corrected chi connectivity index (χ3v) is 2.20. The van der Waals surface area contributed by atoms with Gasteiger partial charge in [-0.15, -0.1) is 0 Å². The van der Waals surface area contributed by atoms with Gasteiger partial charge >= 0.3 is 0 Å². The van der Waals surface area contributed by atoms with Gasteiger partial charge in [0.1, 0.15) is 0 Å². The van der Waals surface area contributed by atoms with Crippen molar-refractivity contribution >= 4 is 11.6 Å². The Hall–Kier alpha value is -1.91. The van der Waals surface area contributed by atoms with E-state index in [1.54, 1.807) is 6.20 Å². The Morgan fingerprint density at radius 3 is 2.50 bits per heavy atom. The molecule has 0 fully saturated rings. The van der Waals surface area contributed by atoms with E-state index in [0.717, 1.165) is 23.6 Å². The summed E-state index contributed by atoms with van der Waals surface area (Å²) in [6.45, 7) is 6.81. The number of hydrogen-bond acceptors (Lipinski definition) is 4. The van der Waals surface area contributed by atoms with Gasteiger partial charge < -0.3 is 5.32 Å². The van der Waals surface area contributed by atoms with E-state index in [-0.39, 0.29) is 0 Å². The predicted octanol–water partition coefficient (Wildman–Crippen LogP) is 2.05. The Morgan fingerprint density at radius 1 is 1.25 bits per heavy atom. The summed E-state index contributed by atoms with van der Waals surface area (Å²) in [4.78, 5) is 8.61. The zero-order valence-corrected chi connectivity index (χ0v) is 9.73. The largest absolute Gasteiger partial charge is 0.321 e. The summed E-state index contributed by atoms with van der Waals surface area (Å²) in [6.07, 6.45) is 3.70. The SMILES string of the molecule is CCn1cc(Nc2nc(C)cc(C)n2)cn1. The summed E-state index contributed by atoms with van der Waals surface area (Å²) in [7, 11) is 0. The first-order valence-corrected chi connectivity index (χ1v) is 5.29. The fraction of sp³-hybridized carbons (Fsp3) is 0.364. The van der Waals surface area contributed by atoms with E-state index in [4.69, 9.17) is 0 Å². The quantitative estimate of drug-likeness (QED) is 0.855. The molecule has 84 valence electrons. The van der Waals surface area contributed by atoms with E-state index >= 15 is 0 Å². The van der Waals surface area contributed by atoms with Crippen molar-refractivity contribution in [3.05, 3.63) is 29.8 Å². The average molecular weight is 217 g/mol. The zero-order chi connectivity index (χ0) is 11.5. The summed E-state index contributed by atoms with van der Waals surface area (Å²) in [5.74, 6) is 0.619. The minimum atomic E-state index is 0.619. The Morgan fingerprint density at radius 2 is 1.94 bits per heavy atom. The molecule has 0 aromatic carbocycles.